The minimum Gasteiger partial charge on any atom is -0.494 e. The molecule has 2 aromatic rings. The number of hydrogen-bond donors (Lipinski definition) is 1. The lowest BCUT2D eigenvalue weighted by Crippen LogP contribution is -2.47. The summed E-state index contributed by atoms with van der Waals surface area (Å²) in [4.78, 5) is 40.6. The molecule has 0 aliphatic carbocycles. The number of fused-ring (bicyclic) bond motifs is 1. The lowest BCUT2D eigenvalue weighted by molar-refractivity contribution is -0.137. The maximum atomic E-state index is 13.6. The van der Waals surface area contributed by atoms with Crippen LogP contribution in [-0.4, -0.2) is 35.5 Å². The highest BCUT2D eigenvalue weighted by atomic mass is 35.5. The highest BCUT2D eigenvalue weighted by Gasteiger charge is 2.38. The number of hydrogen-bond acceptors (Lipinski definition) is 4. The number of carbonyl (C=O) groups excluding carboxylic acids is 2. The zero-order valence-corrected chi connectivity index (χ0v) is 22.6. The van der Waals surface area contributed by atoms with Gasteiger partial charge >= 0.3 is 5.97 Å². The summed E-state index contributed by atoms with van der Waals surface area (Å²) in [5.74, 6) is -0.699. The first-order valence-electron chi connectivity index (χ1n) is 12.5. The molecular weight excluding hydrogens is 504 g/mol. The summed E-state index contributed by atoms with van der Waals surface area (Å²) in [7, 11) is 0. The Labute approximate surface area is 228 Å². The summed E-state index contributed by atoms with van der Waals surface area (Å²) in [6.45, 7) is 9.54. The largest absolute Gasteiger partial charge is 0.494 e. The van der Waals surface area contributed by atoms with Crippen LogP contribution in [0.2, 0.25) is 5.02 Å². The summed E-state index contributed by atoms with van der Waals surface area (Å²) in [6, 6.07) is 14.3. The van der Waals surface area contributed by atoms with Crippen molar-refractivity contribution in [1.29, 1.82) is 0 Å². The van der Waals surface area contributed by atoms with E-state index in [1.54, 1.807) is 47.1 Å². The van der Waals surface area contributed by atoms with Crippen LogP contribution >= 0.6 is 11.6 Å². The summed E-state index contributed by atoms with van der Waals surface area (Å²) >= 11 is 6.07. The number of benzene rings is 2. The van der Waals surface area contributed by atoms with Crippen molar-refractivity contribution in [1.82, 2.24) is 0 Å². The second kappa shape index (κ2) is 13.1. The van der Waals surface area contributed by atoms with Gasteiger partial charge in [-0.2, -0.15) is 0 Å². The molecule has 0 saturated carbocycles. The average Bonchev–Trinajstić information content (AvgIpc) is 2.88. The number of nitrogens with zero attached hydrogens (tertiary/aromatic N) is 2. The Hall–Kier alpha value is -3.84. The number of para-hydroxylation sites is 1. The Kier molecular flexibility index (Phi) is 9.91. The van der Waals surface area contributed by atoms with Gasteiger partial charge in [-0.1, -0.05) is 36.4 Å². The molecule has 0 aromatic heterocycles. The van der Waals surface area contributed by atoms with Crippen molar-refractivity contribution in [3.8, 4) is 0 Å². The van der Waals surface area contributed by atoms with Gasteiger partial charge < -0.3 is 19.6 Å². The molecule has 8 heteroatoms. The normalized spacial score (nSPS) is 17.2. The van der Waals surface area contributed by atoms with Crippen molar-refractivity contribution in [3.05, 3.63) is 95.3 Å². The number of anilines is 2. The Bertz CT molecular complexity index is 1250. The maximum absolute atomic E-state index is 13.6. The van der Waals surface area contributed by atoms with E-state index in [9.17, 15) is 14.4 Å². The third-order valence-electron chi connectivity index (χ3n) is 6.35. The number of carboxylic acids is 1. The first-order valence-corrected chi connectivity index (χ1v) is 12.9. The zero-order valence-electron chi connectivity index (χ0n) is 21.9. The van der Waals surface area contributed by atoms with E-state index < -0.39 is 5.97 Å². The van der Waals surface area contributed by atoms with E-state index in [0.29, 0.717) is 23.6 Å². The summed E-state index contributed by atoms with van der Waals surface area (Å²) < 4.78 is 5.61. The molecule has 1 N–H and O–H groups in total. The second-order valence-corrected chi connectivity index (χ2v) is 9.53. The van der Waals surface area contributed by atoms with Crippen LogP contribution in [-0.2, 0) is 19.1 Å². The number of halogens is 1. The molecule has 3 rings (SSSR count). The topological polar surface area (TPSA) is 87.2 Å². The molecule has 1 aliphatic rings. The number of carboxylic acid groups (broad SMARTS) is 1. The van der Waals surface area contributed by atoms with Gasteiger partial charge in [0, 0.05) is 41.4 Å². The van der Waals surface area contributed by atoms with Crippen LogP contribution in [0.15, 0.2) is 84.7 Å². The minimum absolute atomic E-state index is 0.0260. The van der Waals surface area contributed by atoms with Gasteiger partial charge in [0.05, 0.1) is 12.6 Å². The van der Waals surface area contributed by atoms with Crippen molar-refractivity contribution < 1.29 is 24.2 Å². The van der Waals surface area contributed by atoms with Gasteiger partial charge in [0.1, 0.15) is 5.76 Å². The number of carbonyl (C=O) groups is 3. The summed E-state index contributed by atoms with van der Waals surface area (Å²) in [5, 5.41) is 9.36. The molecule has 38 heavy (non-hydrogen) atoms. The number of rotatable bonds is 10. The van der Waals surface area contributed by atoms with Crippen molar-refractivity contribution >= 4 is 40.8 Å². The van der Waals surface area contributed by atoms with Crippen molar-refractivity contribution in [2.24, 2.45) is 0 Å². The van der Waals surface area contributed by atoms with Gasteiger partial charge in [-0.25, -0.2) is 0 Å². The van der Waals surface area contributed by atoms with E-state index in [1.165, 1.54) is 6.92 Å². The molecule has 1 heterocycles. The Balaban J connectivity index is 1.83. The molecule has 7 nitrogen and oxygen atoms in total. The molecule has 0 spiro atoms. The molecule has 2 unspecified atom stereocenters. The van der Waals surface area contributed by atoms with Crippen molar-refractivity contribution in [2.45, 2.75) is 52.1 Å². The fourth-order valence-corrected chi connectivity index (χ4v) is 4.69. The molecule has 0 radical (unpaired) electrons. The average molecular weight is 537 g/mol. The van der Waals surface area contributed by atoms with Gasteiger partial charge in [-0.05, 0) is 80.8 Å². The van der Waals surface area contributed by atoms with Gasteiger partial charge in [0.25, 0.3) is 5.91 Å². The monoisotopic (exact) mass is 536 g/mol. The lowest BCUT2D eigenvalue weighted by Gasteiger charge is -2.43. The molecule has 0 fully saturated rings. The molecule has 2 amide bonds. The molecular formula is C30H33ClN2O5. The molecule has 200 valence electrons. The summed E-state index contributed by atoms with van der Waals surface area (Å²) in [5.41, 5.74) is 2.62. The molecule has 0 saturated heterocycles. The highest BCUT2D eigenvalue weighted by Crippen LogP contribution is 2.42. The molecule has 2 aromatic carbocycles. The Morgan fingerprint density at radius 3 is 2.47 bits per heavy atom. The van der Waals surface area contributed by atoms with Crippen LogP contribution in [0, 0.1) is 0 Å². The highest BCUT2D eigenvalue weighted by molar-refractivity contribution is 6.30. The number of amides is 2. The van der Waals surface area contributed by atoms with Crippen LogP contribution in [0.3, 0.4) is 0 Å². The zero-order chi connectivity index (χ0) is 27.8. The molecule has 2 atom stereocenters. The van der Waals surface area contributed by atoms with Crippen LogP contribution < -0.4 is 9.80 Å². The van der Waals surface area contributed by atoms with E-state index in [1.807, 2.05) is 43.3 Å². The van der Waals surface area contributed by atoms with Gasteiger partial charge in [0.15, 0.2) is 0 Å². The standard InChI is InChI=1S/C30H33ClN2O5/c1-5-25(38-18-8-11-29(35)36)17-12-20(2)30(37)32-21(3)19-28(26-9-6-7-10-27(26)32)33(22(4)34)24-15-13-23(31)14-16-24/h5-7,9-10,12-17,21,28H,2,8,11,18-19H2,1,3-4H3,(H,35,36). The quantitative estimate of drug-likeness (QED) is 0.163. The van der Waals surface area contributed by atoms with E-state index in [-0.39, 0.29) is 42.5 Å². The lowest BCUT2D eigenvalue weighted by atomic mass is 9.89. The SMILES string of the molecule is C=C(C=CC(=CC)OCCCC(=O)O)C(=O)N1c2ccccc2C(N(C(C)=O)c2ccc(Cl)cc2)CC1C. The van der Waals surface area contributed by atoms with E-state index in [4.69, 9.17) is 21.4 Å². The summed E-state index contributed by atoms with van der Waals surface area (Å²) in [6.07, 6.45) is 5.95. The second-order valence-electron chi connectivity index (χ2n) is 9.10. The smallest absolute Gasteiger partial charge is 0.303 e. The fourth-order valence-electron chi connectivity index (χ4n) is 4.57. The Morgan fingerprint density at radius 2 is 1.84 bits per heavy atom. The predicted octanol–water partition coefficient (Wildman–Crippen LogP) is 6.46. The van der Waals surface area contributed by atoms with Crippen LogP contribution in [0.1, 0.15) is 51.6 Å². The van der Waals surface area contributed by atoms with Crippen LogP contribution in [0.5, 0.6) is 0 Å². The Morgan fingerprint density at radius 1 is 1.16 bits per heavy atom. The third kappa shape index (κ3) is 6.92. The third-order valence-corrected chi connectivity index (χ3v) is 6.60. The van der Waals surface area contributed by atoms with E-state index in [0.717, 1.165) is 16.9 Å². The van der Waals surface area contributed by atoms with Gasteiger partial charge in [-0.3, -0.25) is 14.4 Å². The van der Waals surface area contributed by atoms with Crippen LogP contribution in [0.25, 0.3) is 0 Å². The minimum atomic E-state index is -0.872. The first kappa shape index (κ1) is 28.7. The van der Waals surface area contributed by atoms with Gasteiger partial charge in [-0.15, -0.1) is 0 Å². The van der Waals surface area contributed by atoms with Crippen molar-refractivity contribution in [3.63, 3.8) is 0 Å². The number of ether oxygens (including phenoxy) is 1. The van der Waals surface area contributed by atoms with E-state index >= 15 is 0 Å². The predicted molar refractivity (Wildman–Crippen MR) is 150 cm³/mol. The molecule has 1 aliphatic heterocycles. The number of aliphatic carboxylic acids is 1. The van der Waals surface area contributed by atoms with Gasteiger partial charge in [0.2, 0.25) is 5.91 Å². The van der Waals surface area contributed by atoms with Crippen LogP contribution in [0.4, 0.5) is 11.4 Å². The fraction of sp³-hybridized carbons (Fsp3) is 0.300. The van der Waals surface area contributed by atoms with Crippen molar-refractivity contribution in [2.75, 3.05) is 16.4 Å². The maximum Gasteiger partial charge on any atom is 0.303 e. The van der Waals surface area contributed by atoms with E-state index in [2.05, 4.69) is 6.58 Å². The number of allylic oxidation sites excluding steroid dienone is 2. The molecule has 0 bridgehead atoms. The first-order chi connectivity index (χ1) is 18.1.